The van der Waals surface area contributed by atoms with Crippen LogP contribution in [0.3, 0.4) is 0 Å². The van der Waals surface area contributed by atoms with Crippen molar-refractivity contribution < 1.29 is 14.2 Å². The van der Waals surface area contributed by atoms with Crippen LogP contribution in [-0.4, -0.2) is 30.7 Å². The second-order valence-electron chi connectivity index (χ2n) is 5.71. The average Bonchev–Trinajstić information content (AvgIpc) is 3.09. The van der Waals surface area contributed by atoms with Gasteiger partial charge in [-0.2, -0.15) is 0 Å². The fraction of sp³-hybridized carbons (Fsp3) is 0.867. The van der Waals surface area contributed by atoms with E-state index in [1.54, 1.807) is 0 Å². The number of hydrogen-bond acceptors (Lipinski definition) is 3. The summed E-state index contributed by atoms with van der Waals surface area (Å²) in [7, 11) is 0. The minimum atomic E-state index is -0.478. The molecule has 2 aliphatic rings. The van der Waals surface area contributed by atoms with Gasteiger partial charge in [-0.1, -0.05) is 38.3 Å². The Labute approximate surface area is 110 Å². The molecule has 0 radical (unpaired) electrons. The van der Waals surface area contributed by atoms with Crippen molar-refractivity contribution >= 4 is 0 Å². The standard InChI is InChI=1S/C15H26O3/c1-4-5-6-7-8-9-10-12-14(13-11-16-13)18-15(2,3)17-12/h9-10,12-14H,4-8,11H2,1-3H3/t12-,13+,14+/m0/s1. The first kappa shape index (κ1) is 14.0. The van der Waals surface area contributed by atoms with Gasteiger partial charge in [-0.15, -0.1) is 0 Å². The lowest BCUT2D eigenvalue weighted by Crippen LogP contribution is -2.26. The predicted molar refractivity (Wildman–Crippen MR) is 71.5 cm³/mol. The zero-order chi connectivity index (χ0) is 13.0. The van der Waals surface area contributed by atoms with E-state index in [0.717, 1.165) is 13.0 Å². The summed E-state index contributed by atoms with van der Waals surface area (Å²) in [5, 5.41) is 0. The quantitative estimate of drug-likeness (QED) is 0.396. The first-order valence-corrected chi connectivity index (χ1v) is 7.26. The molecule has 0 unspecified atom stereocenters. The van der Waals surface area contributed by atoms with Crippen LogP contribution in [0.2, 0.25) is 0 Å². The summed E-state index contributed by atoms with van der Waals surface area (Å²) in [4.78, 5) is 0. The van der Waals surface area contributed by atoms with E-state index in [2.05, 4.69) is 19.1 Å². The third-order valence-corrected chi connectivity index (χ3v) is 3.44. The molecular formula is C15H26O3. The third-order valence-electron chi connectivity index (χ3n) is 3.44. The normalized spacial score (nSPS) is 34.3. The van der Waals surface area contributed by atoms with E-state index in [1.807, 2.05) is 13.8 Å². The Morgan fingerprint density at radius 3 is 2.61 bits per heavy atom. The van der Waals surface area contributed by atoms with Crippen molar-refractivity contribution in [3.05, 3.63) is 12.2 Å². The lowest BCUT2D eigenvalue weighted by Gasteiger charge is -2.16. The number of hydrogen-bond donors (Lipinski definition) is 0. The first-order chi connectivity index (χ1) is 8.62. The molecule has 2 fully saturated rings. The maximum Gasteiger partial charge on any atom is 0.164 e. The van der Waals surface area contributed by atoms with Crippen LogP contribution in [0.5, 0.6) is 0 Å². The molecule has 0 saturated carbocycles. The summed E-state index contributed by atoms with van der Waals surface area (Å²) in [5.41, 5.74) is 0. The molecular weight excluding hydrogens is 228 g/mol. The zero-order valence-electron chi connectivity index (χ0n) is 11.9. The number of epoxide rings is 1. The van der Waals surface area contributed by atoms with E-state index in [4.69, 9.17) is 14.2 Å². The largest absolute Gasteiger partial charge is 0.370 e. The van der Waals surface area contributed by atoms with Crippen molar-refractivity contribution in [1.29, 1.82) is 0 Å². The molecule has 0 aliphatic carbocycles. The van der Waals surface area contributed by atoms with Gasteiger partial charge in [-0.05, 0) is 26.7 Å². The van der Waals surface area contributed by atoms with E-state index >= 15 is 0 Å². The van der Waals surface area contributed by atoms with Gasteiger partial charge in [0.25, 0.3) is 0 Å². The van der Waals surface area contributed by atoms with E-state index in [0.29, 0.717) is 0 Å². The van der Waals surface area contributed by atoms with Crippen LogP contribution >= 0.6 is 0 Å². The zero-order valence-corrected chi connectivity index (χ0v) is 11.9. The minimum absolute atomic E-state index is 0.0543. The molecule has 2 aliphatic heterocycles. The molecule has 0 aromatic rings. The Bertz CT molecular complexity index is 281. The second kappa shape index (κ2) is 6.18. The maximum atomic E-state index is 5.90. The van der Waals surface area contributed by atoms with Crippen LogP contribution in [-0.2, 0) is 14.2 Å². The van der Waals surface area contributed by atoms with Gasteiger partial charge in [-0.3, -0.25) is 0 Å². The average molecular weight is 254 g/mol. The van der Waals surface area contributed by atoms with E-state index in [1.165, 1.54) is 25.7 Å². The van der Waals surface area contributed by atoms with Gasteiger partial charge in [-0.25, -0.2) is 0 Å². The molecule has 0 spiro atoms. The lowest BCUT2D eigenvalue weighted by atomic mass is 10.1. The predicted octanol–water partition coefficient (Wildman–Crippen LogP) is 3.43. The number of allylic oxidation sites excluding steroid dienone is 1. The number of rotatable bonds is 7. The summed E-state index contributed by atoms with van der Waals surface area (Å²) in [6.45, 7) is 6.99. The second-order valence-corrected chi connectivity index (χ2v) is 5.71. The molecule has 2 saturated heterocycles. The number of ether oxygens (including phenoxy) is 3. The van der Waals surface area contributed by atoms with Gasteiger partial charge >= 0.3 is 0 Å². The fourth-order valence-electron chi connectivity index (χ4n) is 2.42. The van der Waals surface area contributed by atoms with Crippen molar-refractivity contribution in [2.24, 2.45) is 0 Å². The van der Waals surface area contributed by atoms with Crippen LogP contribution < -0.4 is 0 Å². The smallest absolute Gasteiger partial charge is 0.164 e. The van der Waals surface area contributed by atoms with E-state index < -0.39 is 5.79 Å². The molecule has 0 N–H and O–H groups in total. The van der Waals surface area contributed by atoms with E-state index in [-0.39, 0.29) is 18.3 Å². The van der Waals surface area contributed by atoms with Gasteiger partial charge in [0.2, 0.25) is 0 Å². The maximum absolute atomic E-state index is 5.90. The van der Waals surface area contributed by atoms with Crippen LogP contribution in [0.1, 0.15) is 52.9 Å². The van der Waals surface area contributed by atoms with Crippen molar-refractivity contribution in [3.8, 4) is 0 Å². The molecule has 2 heterocycles. The first-order valence-electron chi connectivity index (χ1n) is 7.26. The molecule has 104 valence electrons. The van der Waals surface area contributed by atoms with Crippen molar-refractivity contribution in [2.45, 2.75) is 77.0 Å². The Morgan fingerprint density at radius 2 is 1.94 bits per heavy atom. The monoisotopic (exact) mass is 254 g/mol. The molecule has 18 heavy (non-hydrogen) atoms. The topological polar surface area (TPSA) is 31.0 Å². The summed E-state index contributed by atoms with van der Waals surface area (Å²) in [6.07, 6.45) is 11.1. The summed E-state index contributed by atoms with van der Waals surface area (Å²) in [6, 6.07) is 0. The fourth-order valence-corrected chi connectivity index (χ4v) is 2.42. The molecule has 0 amide bonds. The highest BCUT2D eigenvalue weighted by molar-refractivity contribution is 5.03. The molecule has 0 aromatic carbocycles. The lowest BCUT2D eigenvalue weighted by molar-refractivity contribution is -0.144. The highest BCUT2D eigenvalue weighted by Gasteiger charge is 2.48. The third kappa shape index (κ3) is 4.08. The Kier molecular flexibility index (Phi) is 4.82. The highest BCUT2D eigenvalue weighted by Crippen LogP contribution is 2.35. The molecule has 3 heteroatoms. The van der Waals surface area contributed by atoms with Crippen LogP contribution in [0.15, 0.2) is 12.2 Å². The van der Waals surface area contributed by atoms with Gasteiger partial charge < -0.3 is 14.2 Å². The Morgan fingerprint density at radius 1 is 1.17 bits per heavy atom. The SMILES string of the molecule is CCCCCCC=C[C@@H]1OC(C)(C)O[C@H]1[C@H]1CO1. The van der Waals surface area contributed by atoms with E-state index in [9.17, 15) is 0 Å². The van der Waals surface area contributed by atoms with Gasteiger partial charge in [0.15, 0.2) is 5.79 Å². The molecule has 3 atom stereocenters. The van der Waals surface area contributed by atoms with Gasteiger partial charge in [0.1, 0.15) is 18.3 Å². The molecule has 0 bridgehead atoms. The van der Waals surface area contributed by atoms with Crippen LogP contribution in [0.4, 0.5) is 0 Å². The Balaban J connectivity index is 1.74. The summed E-state index contributed by atoms with van der Waals surface area (Å²) < 4.78 is 17.1. The van der Waals surface area contributed by atoms with Crippen LogP contribution in [0, 0.1) is 0 Å². The molecule has 0 aromatic heterocycles. The van der Waals surface area contributed by atoms with Crippen molar-refractivity contribution in [3.63, 3.8) is 0 Å². The van der Waals surface area contributed by atoms with Crippen molar-refractivity contribution in [1.82, 2.24) is 0 Å². The van der Waals surface area contributed by atoms with Gasteiger partial charge in [0.05, 0.1) is 6.61 Å². The number of unbranched alkanes of at least 4 members (excludes halogenated alkanes) is 4. The van der Waals surface area contributed by atoms with Gasteiger partial charge in [0, 0.05) is 0 Å². The summed E-state index contributed by atoms with van der Waals surface area (Å²) in [5.74, 6) is -0.478. The molecule has 2 rings (SSSR count). The highest BCUT2D eigenvalue weighted by atomic mass is 16.8. The van der Waals surface area contributed by atoms with Crippen molar-refractivity contribution in [2.75, 3.05) is 6.61 Å². The van der Waals surface area contributed by atoms with Crippen LogP contribution in [0.25, 0.3) is 0 Å². The minimum Gasteiger partial charge on any atom is -0.370 e. The summed E-state index contributed by atoms with van der Waals surface area (Å²) >= 11 is 0. The molecule has 3 nitrogen and oxygen atoms in total. The Hall–Kier alpha value is -0.380.